The van der Waals surface area contributed by atoms with Gasteiger partial charge in [-0.2, -0.15) is 4.31 Å². The maximum atomic E-state index is 12.9. The SMILES string of the molecule is Cc1cc(Cl)c(C(C)C)cc1OCC(=O)Nc1cc(S(=O)(=O)N2CCOCC2)ccc1Cl. The number of hydrogen-bond donors (Lipinski definition) is 1. The van der Waals surface area contributed by atoms with Crippen LogP contribution in [0.15, 0.2) is 35.2 Å². The number of nitrogens with zero attached hydrogens (tertiary/aromatic N) is 1. The van der Waals surface area contributed by atoms with E-state index in [1.165, 1.54) is 22.5 Å². The lowest BCUT2D eigenvalue weighted by Crippen LogP contribution is -2.40. The van der Waals surface area contributed by atoms with E-state index in [1.807, 2.05) is 26.8 Å². The molecule has 0 aromatic heterocycles. The first-order chi connectivity index (χ1) is 15.1. The van der Waals surface area contributed by atoms with Crippen LogP contribution >= 0.6 is 23.2 Å². The molecule has 174 valence electrons. The number of amides is 1. The van der Waals surface area contributed by atoms with E-state index in [1.54, 1.807) is 6.07 Å². The Bertz CT molecular complexity index is 1100. The highest BCUT2D eigenvalue weighted by Crippen LogP contribution is 2.32. The highest BCUT2D eigenvalue weighted by Gasteiger charge is 2.27. The fourth-order valence-corrected chi connectivity index (χ4v) is 5.33. The van der Waals surface area contributed by atoms with Gasteiger partial charge in [0.15, 0.2) is 6.61 Å². The second-order valence-corrected chi connectivity index (χ2v) is 10.5. The van der Waals surface area contributed by atoms with Crippen LogP contribution in [0.3, 0.4) is 0 Å². The largest absolute Gasteiger partial charge is 0.483 e. The summed E-state index contributed by atoms with van der Waals surface area (Å²) in [7, 11) is -3.72. The number of morpholine rings is 1. The third-order valence-corrected chi connectivity index (χ3v) is 7.65. The second-order valence-electron chi connectivity index (χ2n) is 7.79. The van der Waals surface area contributed by atoms with Crippen molar-refractivity contribution < 1.29 is 22.7 Å². The molecule has 1 amide bonds. The van der Waals surface area contributed by atoms with Gasteiger partial charge in [-0.1, -0.05) is 37.0 Å². The number of rotatable bonds is 7. The normalized spacial score (nSPS) is 15.1. The van der Waals surface area contributed by atoms with E-state index < -0.39 is 15.9 Å². The smallest absolute Gasteiger partial charge is 0.262 e. The van der Waals surface area contributed by atoms with Gasteiger partial charge >= 0.3 is 0 Å². The molecule has 0 aliphatic carbocycles. The molecule has 1 fully saturated rings. The zero-order valence-electron chi connectivity index (χ0n) is 18.2. The van der Waals surface area contributed by atoms with Gasteiger partial charge in [0, 0.05) is 18.1 Å². The van der Waals surface area contributed by atoms with Gasteiger partial charge in [0.2, 0.25) is 10.0 Å². The van der Waals surface area contributed by atoms with Crippen LogP contribution in [0, 0.1) is 6.92 Å². The second kappa shape index (κ2) is 10.4. The van der Waals surface area contributed by atoms with Crippen molar-refractivity contribution in [3.05, 3.63) is 51.5 Å². The number of hydrogen-bond acceptors (Lipinski definition) is 5. The van der Waals surface area contributed by atoms with Crippen LogP contribution < -0.4 is 10.1 Å². The third kappa shape index (κ3) is 5.74. The Labute approximate surface area is 198 Å². The van der Waals surface area contributed by atoms with E-state index in [-0.39, 0.29) is 41.2 Å². The molecule has 1 saturated heterocycles. The molecule has 0 bridgehead atoms. The van der Waals surface area contributed by atoms with Gasteiger partial charge in [-0.15, -0.1) is 0 Å². The van der Waals surface area contributed by atoms with Crippen LogP contribution in [0.4, 0.5) is 5.69 Å². The number of aryl methyl sites for hydroxylation is 1. The summed E-state index contributed by atoms with van der Waals surface area (Å²) in [5.41, 5.74) is 1.94. The minimum absolute atomic E-state index is 0.0511. The molecule has 0 saturated carbocycles. The fraction of sp³-hybridized carbons (Fsp3) is 0.409. The summed E-state index contributed by atoms with van der Waals surface area (Å²) in [6, 6.07) is 7.86. The standard InChI is InChI=1S/C22H26Cl2N2O5S/c1-14(2)17-12-21(15(3)10-19(17)24)31-13-22(27)25-20-11-16(4-5-18(20)23)32(28,29)26-6-8-30-9-7-26/h4-5,10-12,14H,6-9,13H2,1-3H3,(H,25,27). The first-order valence-corrected chi connectivity index (χ1v) is 12.4. The van der Waals surface area contributed by atoms with Gasteiger partial charge < -0.3 is 14.8 Å². The van der Waals surface area contributed by atoms with E-state index >= 15 is 0 Å². The van der Waals surface area contributed by atoms with Crippen LogP contribution in [0.1, 0.15) is 30.9 Å². The molecule has 1 aliphatic rings. The Morgan fingerprint density at radius 3 is 2.50 bits per heavy atom. The van der Waals surface area contributed by atoms with Crippen LogP contribution in [-0.2, 0) is 19.6 Å². The minimum Gasteiger partial charge on any atom is -0.483 e. The summed E-state index contributed by atoms with van der Waals surface area (Å²) in [5, 5.41) is 3.51. The number of carbonyl (C=O) groups is 1. The maximum absolute atomic E-state index is 12.9. The predicted octanol–water partition coefficient (Wildman–Crippen LogP) is 4.46. The minimum atomic E-state index is -3.72. The Morgan fingerprint density at radius 2 is 1.84 bits per heavy atom. The number of nitrogens with one attached hydrogen (secondary N) is 1. The number of ether oxygens (including phenoxy) is 2. The van der Waals surface area contributed by atoms with E-state index in [2.05, 4.69) is 5.32 Å². The van der Waals surface area contributed by atoms with Gasteiger partial charge in [0.05, 0.1) is 28.8 Å². The number of halogens is 2. The topological polar surface area (TPSA) is 84.9 Å². The molecule has 1 N–H and O–H groups in total. The van der Waals surface area contributed by atoms with Crippen molar-refractivity contribution >= 4 is 44.8 Å². The average molecular weight is 501 g/mol. The highest BCUT2D eigenvalue weighted by atomic mass is 35.5. The fourth-order valence-electron chi connectivity index (χ4n) is 3.29. The average Bonchev–Trinajstić information content (AvgIpc) is 2.75. The lowest BCUT2D eigenvalue weighted by molar-refractivity contribution is -0.118. The molecular formula is C22H26Cl2N2O5S. The molecule has 32 heavy (non-hydrogen) atoms. The lowest BCUT2D eigenvalue weighted by atomic mass is 10.0. The van der Waals surface area contributed by atoms with Gasteiger partial charge in [0.25, 0.3) is 5.91 Å². The molecule has 1 heterocycles. The summed E-state index contributed by atoms with van der Waals surface area (Å²) in [6.07, 6.45) is 0. The Hall–Kier alpha value is -1.84. The van der Waals surface area contributed by atoms with E-state index in [0.717, 1.165) is 11.1 Å². The van der Waals surface area contributed by atoms with Crippen molar-refractivity contribution in [3.8, 4) is 5.75 Å². The van der Waals surface area contributed by atoms with Crippen LogP contribution in [0.2, 0.25) is 10.0 Å². The highest BCUT2D eigenvalue weighted by molar-refractivity contribution is 7.89. The lowest BCUT2D eigenvalue weighted by Gasteiger charge is -2.26. The van der Waals surface area contributed by atoms with Crippen molar-refractivity contribution in [1.29, 1.82) is 0 Å². The molecule has 2 aromatic rings. The molecule has 2 aromatic carbocycles. The first-order valence-electron chi connectivity index (χ1n) is 10.2. The van der Waals surface area contributed by atoms with E-state index in [9.17, 15) is 13.2 Å². The molecule has 0 radical (unpaired) electrons. The van der Waals surface area contributed by atoms with Crippen LogP contribution in [0.25, 0.3) is 0 Å². The van der Waals surface area contributed by atoms with Gasteiger partial charge in [-0.25, -0.2) is 8.42 Å². The predicted molar refractivity (Wildman–Crippen MR) is 125 cm³/mol. The number of benzene rings is 2. The summed E-state index contributed by atoms with van der Waals surface area (Å²) in [6.45, 7) is 6.86. The maximum Gasteiger partial charge on any atom is 0.262 e. The monoisotopic (exact) mass is 500 g/mol. The zero-order chi connectivity index (χ0) is 23.5. The van der Waals surface area contributed by atoms with Crippen molar-refractivity contribution in [2.75, 3.05) is 38.2 Å². The molecule has 1 aliphatic heterocycles. The van der Waals surface area contributed by atoms with Gasteiger partial charge in [-0.05, 0) is 54.3 Å². The van der Waals surface area contributed by atoms with Crippen molar-refractivity contribution in [1.82, 2.24) is 4.31 Å². The Balaban J connectivity index is 1.72. The van der Waals surface area contributed by atoms with Crippen molar-refractivity contribution in [3.63, 3.8) is 0 Å². The van der Waals surface area contributed by atoms with Crippen LogP contribution in [-0.4, -0.2) is 51.5 Å². The molecule has 0 atom stereocenters. The number of sulfonamides is 1. The van der Waals surface area contributed by atoms with Crippen molar-refractivity contribution in [2.24, 2.45) is 0 Å². The number of carbonyl (C=O) groups excluding carboxylic acids is 1. The molecule has 0 spiro atoms. The summed E-state index contributed by atoms with van der Waals surface area (Å²) in [4.78, 5) is 12.6. The van der Waals surface area contributed by atoms with Gasteiger partial charge in [0.1, 0.15) is 5.75 Å². The first kappa shape index (κ1) is 24.8. The van der Waals surface area contributed by atoms with E-state index in [4.69, 9.17) is 32.7 Å². The summed E-state index contributed by atoms with van der Waals surface area (Å²) >= 11 is 12.5. The molecule has 3 rings (SSSR count). The molecule has 0 unspecified atom stereocenters. The third-order valence-electron chi connectivity index (χ3n) is 5.09. The zero-order valence-corrected chi connectivity index (χ0v) is 20.5. The molecular weight excluding hydrogens is 475 g/mol. The summed E-state index contributed by atoms with van der Waals surface area (Å²) in [5.74, 6) is 0.297. The number of anilines is 1. The van der Waals surface area contributed by atoms with Crippen LogP contribution in [0.5, 0.6) is 5.75 Å². The molecule has 10 heteroatoms. The van der Waals surface area contributed by atoms with Gasteiger partial charge in [-0.3, -0.25) is 4.79 Å². The van der Waals surface area contributed by atoms with E-state index in [0.29, 0.717) is 24.0 Å². The Kier molecular flexibility index (Phi) is 8.06. The molecule has 7 nitrogen and oxygen atoms in total. The summed E-state index contributed by atoms with van der Waals surface area (Å²) < 4.78 is 38.0. The van der Waals surface area contributed by atoms with Crippen molar-refractivity contribution in [2.45, 2.75) is 31.6 Å². The quantitative estimate of drug-likeness (QED) is 0.606. The Morgan fingerprint density at radius 1 is 1.16 bits per heavy atom.